The van der Waals surface area contributed by atoms with Gasteiger partial charge in [0.2, 0.25) is 0 Å². The molecule has 36 heavy (non-hydrogen) atoms. The lowest BCUT2D eigenvalue weighted by molar-refractivity contribution is -0.138. The fraction of sp³-hybridized carbons (Fsp3) is 0.680. The Morgan fingerprint density at radius 3 is 2.00 bits per heavy atom. The van der Waals surface area contributed by atoms with Crippen molar-refractivity contribution in [2.75, 3.05) is 16.8 Å². The maximum atomic E-state index is 13.1. The van der Waals surface area contributed by atoms with E-state index in [1.807, 2.05) is 0 Å². The first kappa shape index (κ1) is 32.1. The van der Waals surface area contributed by atoms with Crippen molar-refractivity contribution in [3.63, 3.8) is 0 Å². The number of aliphatic hydroxyl groups is 1. The second-order valence-electron chi connectivity index (χ2n) is 9.01. The third-order valence-electron chi connectivity index (χ3n) is 5.64. The first-order valence-electron chi connectivity index (χ1n) is 12.1. The normalized spacial score (nSPS) is 13.8. The molecule has 0 aliphatic rings. The molecule has 0 aliphatic heterocycles. The number of alkyl halides is 6. The largest absolute Gasteiger partial charge is 0.417 e. The minimum atomic E-state index is -4.74. The standard InChI is InChI=1S/C25H34F6N2O2S/c1-23(35,22(34)33-20-12-11-19(18-32)21(17-20)25(29,30)31)13-7-5-3-2-4-6-9-15-36-16-10-8-14-24(26,27)28/h11-12,17,35H,2-10,13-16H2,1H3,(H,33,34)/t23-/m0/s1. The lowest BCUT2D eigenvalue weighted by Gasteiger charge is -2.22. The van der Waals surface area contributed by atoms with E-state index < -0.39 is 41.4 Å². The molecule has 0 bridgehead atoms. The molecule has 1 rings (SSSR count). The van der Waals surface area contributed by atoms with Crippen LogP contribution >= 0.6 is 11.8 Å². The molecular weight excluding hydrogens is 506 g/mol. The fourth-order valence-electron chi connectivity index (χ4n) is 3.52. The summed E-state index contributed by atoms with van der Waals surface area (Å²) in [6.07, 6.45) is -2.22. The number of benzene rings is 1. The summed E-state index contributed by atoms with van der Waals surface area (Å²) in [5, 5.41) is 21.6. The van der Waals surface area contributed by atoms with Crippen LogP contribution in [-0.4, -0.2) is 34.3 Å². The molecule has 1 atom stereocenters. The van der Waals surface area contributed by atoms with Crippen LogP contribution in [0.5, 0.6) is 0 Å². The van der Waals surface area contributed by atoms with Gasteiger partial charge in [-0.25, -0.2) is 0 Å². The third-order valence-corrected chi connectivity index (χ3v) is 6.80. The minimum absolute atomic E-state index is 0.147. The SMILES string of the molecule is C[C@](O)(CCCCCCCCCSCCCCC(F)(F)F)C(=O)Nc1ccc(C#N)c(C(F)(F)F)c1. The molecule has 1 aromatic rings. The van der Waals surface area contributed by atoms with Crippen LogP contribution in [0.25, 0.3) is 0 Å². The Labute approximate surface area is 212 Å². The molecule has 204 valence electrons. The van der Waals surface area contributed by atoms with Gasteiger partial charge < -0.3 is 10.4 Å². The molecule has 2 N–H and O–H groups in total. The zero-order valence-corrected chi connectivity index (χ0v) is 21.2. The van der Waals surface area contributed by atoms with Crippen LogP contribution in [0.1, 0.15) is 88.7 Å². The molecule has 0 fully saturated rings. The first-order valence-corrected chi connectivity index (χ1v) is 13.2. The van der Waals surface area contributed by atoms with Gasteiger partial charge in [-0.3, -0.25) is 4.79 Å². The van der Waals surface area contributed by atoms with Crippen LogP contribution in [0.4, 0.5) is 32.0 Å². The summed E-state index contributed by atoms with van der Waals surface area (Å²) in [7, 11) is 0. The van der Waals surface area contributed by atoms with Crippen molar-refractivity contribution in [2.45, 2.75) is 95.5 Å². The zero-order valence-electron chi connectivity index (χ0n) is 20.4. The lowest BCUT2D eigenvalue weighted by Crippen LogP contribution is -2.40. The molecular formula is C25H34F6N2O2S. The summed E-state index contributed by atoms with van der Waals surface area (Å²) in [6.45, 7) is 1.32. The maximum Gasteiger partial charge on any atom is 0.417 e. The average Bonchev–Trinajstić information content (AvgIpc) is 2.77. The van der Waals surface area contributed by atoms with E-state index in [-0.39, 0.29) is 18.5 Å². The van der Waals surface area contributed by atoms with E-state index in [9.17, 15) is 36.2 Å². The molecule has 11 heteroatoms. The molecule has 1 amide bonds. The Morgan fingerprint density at radius 1 is 0.917 bits per heavy atom. The number of carbonyl (C=O) groups excluding carboxylic acids is 1. The topological polar surface area (TPSA) is 73.1 Å². The second-order valence-corrected chi connectivity index (χ2v) is 10.2. The van der Waals surface area contributed by atoms with E-state index in [1.54, 1.807) is 11.8 Å². The van der Waals surface area contributed by atoms with Crippen LogP contribution in [0.2, 0.25) is 0 Å². The highest BCUT2D eigenvalue weighted by Crippen LogP contribution is 2.34. The van der Waals surface area contributed by atoms with E-state index in [0.717, 1.165) is 56.1 Å². The van der Waals surface area contributed by atoms with Crippen molar-refractivity contribution in [3.05, 3.63) is 29.3 Å². The van der Waals surface area contributed by atoms with Gasteiger partial charge in [0.25, 0.3) is 5.91 Å². The van der Waals surface area contributed by atoms with E-state index >= 15 is 0 Å². The molecule has 0 aliphatic carbocycles. The molecule has 0 unspecified atom stereocenters. The molecule has 0 saturated carbocycles. The number of hydrogen-bond donors (Lipinski definition) is 2. The fourth-order valence-corrected chi connectivity index (χ4v) is 4.54. The number of halogens is 6. The average molecular weight is 541 g/mol. The molecule has 4 nitrogen and oxygen atoms in total. The van der Waals surface area contributed by atoms with Crippen molar-refractivity contribution in [3.8, 4) is 6.07 Å². The third kappa shape index (κ3) is 13.4. The monoisotopic (exact) mass is 540 g/mol. The van der Waals surface area contributed by atoms with E-state index in [4.69, 9.17) is 5.26 Å². The van der Waals surface area contributed by atoms with Gasteiger partial charge in [0.15, 0.2) is 0 Å². The van der Waals surface area contributed by atoms with Gasteiger partial charge in [0.05, 0.1) is 17.2 Å². The molecule has 0 spiro atoms. The Kier molecular flexibility index (Phi) is 13.7. The predicted octanol–water partition coefficient (Wildman–Crippen LogP) is 7.85. The molecule has 0 saturated heterocycles. The summed E-state index contributed by atoms with van der Waals surface area (Å²) < 4.78 is 75.4. The summed E-state index contributed by atoms with van der Waals surface area (Å²) in [4.78, 5) is 12.4. The number of rotatable bonds is 16. The van der Waals surface area contributed by atoms with Crippen LogP contribution in [0.3, 0.4) is 0 Å². The van der Waals surface area contributed by atoms with Crippen molar-refractivity contribution in [2.24, 2.45) is 0 Å². The van der Waals surface area contributed by atoms with E-state index in [0.29, 0.717) is 18.9 Å². The second kappa shape index (κ2) is 15.4. The molecule has 0 aromatic heterocycles. The molecule has 0 heterocycles. The maximum absolute atomic E-state index is 13.1. The smallest absolute Gasteiger partial charge is 0.380 e. The Morgan fingerprint density at radius 2 is 1.44 bits per heavy atom. The van der Waals surface area contributed by atoms with E-state index in [1.165, 1.54) is 19.1 Å². The predicted molar refractivity (Wildman–Crippen MR) is 130 cm³/mol. The summed E-state index contributed by atoms with van der Waals surface area (Å²) in [6, 6.07) is 4.32. The van der Waals surface area contributed by atoms with Gasteiger partial charge in [0.1, 0.15) is 5.60 Å². The van der Waals surface area contributed by atoms with Crippen LogP contribution in [-0.2, 0) is 11.0 Å². The number of unbranched alkanes of at least 4 members (excludes halogenated alkanes) is 7. The van der Waals surface area contributed by atoms with Crippen molar-refractivity contribution in [1.29, 1.82) is 5.26 Å². The zero-order chi connectivity index (χ0) is 27.2. The van der Waals surface area contributed by atoms with Crippen LogP contribution in [0, 0.1) is 11.3 Å². The number of amides is 1. The lowest BCUT2D eigenvalue weighted by atomic mass is 9.96. The summed E-state index contributed by atoms with van der Waals surface area (Å²) in [5.74, 6) is 0.877. The number of anilines is 1. The van der Waals surface area contributed by atoms with Gasteiger partial charge >= 0.3 is 12.4 Å². The number of hydrogen-bond acceptors (Lipinski definition) is 4. The van der Waals surface area contributed by atoms with Crippen molar-refractivity contribution < 1.29 is 36.2 Å². The van der Waals surface area contributed by atoms with E-state index in [2.05, 4.69) is 5.32 Å². The Balaban J connectivity index is 2.19. The van der Waals surface area contributed by atoms with Gasteiger partial charge in [-0.05, 0) is 62.3 Å². The van der Waals surface area contributed by atoms with Crippen LogP contribution in [0.15, 0.2) is 18.2 Å². The quantitative estimate of drug-likeness (QED) is 0.165. The first-order chi connectivity index (χ1) is 16.8. The highest BCUT2D eigenvalue weighted by Gasteiger charge is 2.35. The minimum Gasteiger partial charge on any atom is -0.380 e. The number of carbonyl (C=O) groups is 1. The Hall–Kier alpha value is -1.93. The summed E-state index contributed by atoms with van der Waals surface area (Å²) >= 11 is 1.68. The van der Waals surface area contributed by atoms with Gasteiger partial charge in [-0.2, -0.15) is 43.4 Å². The van der Waals surface area contributed by atoms with Gasteiger partial charge in [-0.15, -0.1) is 0 Å². The van der Waals surface area contributed by atoms with Gasteiger partial charge in [0, 0.05) is 12.1 Å². The summed E-state index contributed by atoms with van der Waals surface area (Å²) in [5.41, 5.74) is -3.59. The van der Waals surface area contributed by atoms with Crippen molar-refractivity contribution in [1.82, 2.24) is 0 Å². The number of nitrogens with zero attached hydrogens (tertiary/aromatic N) is 1. The number of nitrogens with one attached hydrogen (secondary N) is 1. The number of nitriles is 1. The van der Waals surface area contributed by atoms with Gasteiger partial charge in [-0.1, -0.05) is 38.5 Å². The molecule has 1 aromatic carbocycles. The van der Waals surface area contributed by atoms with Crippen molar-refractivity contribution >= 4 is 23.4 Å². The van der Waals surface area contributed by atoms with Crippen LogP contribution < -0.4 is 5.32 Å². The number of thioether (sulfide) groups is 1. The highest BCUT2D eigenvalue weighted by atomic mass is 32.2. The Bertz CT molecular complexity index is 850. The molecule has 0 radical (unpaired) electrons. The highest BCUT2D eigenvalue weighted by molar-refractivity contribution is 7.99.